The van der Waals surface area contributed by atoms with Gasteiger partial charge in [-0.05, 0) is 18.4 Å². The lowest BCUT2D eigenvalue weighted by molar-refractivity contribution is -0.139. The number of hydrogen-bond donors (Lipinski definition) is 2. The van der Waals surface area contributed by atoms with Crippen molar-refractivity contribution in [1.82, 2.24) is 10.2 Å². The number of carbonyl (C=O) groups is 2. The van der Waals surface area contributed by atoms with Crippen molar-refractivity contribution in [3.05, 3.63) is 35.9 Å². The van der Waals surface area contributed by atoms with Crippen LogP contribution in [-0.2, 0) is 9.53 Å². The third-order valence-corrected chi connectivity index (χ3v) is 3.71. The second-order valence-corrected chi connectivity index (χ2v) is 5.09. The smallest absolute Gasteiger partial charge is 0.330 e. The molecule has 21 heavy (non-hydrogen) atoms. The first-order valence-corrected chi connectivity index (χ1v) is 6.98. The molecule has 1 aromatic carbocycles. The molecule has 1 saturated heterocycles. The highest BCUT2D eigenvalue weighted by molar-refractivity contribution is 5.83. The number of hydrogen-bond acceptors (Lipinski definition) is 3. The first kappa shape index (κ1) is 15.3. The molecule has 1 aromatic rings. The minimum absolute atomic E-state index is 0.0870. The van der Waals surface area contributed by atoms with E-state index in [2.05, 4.69) is 5.32 Å². The van der Waals surface area contributed by atoms with Crippen LogP contribution < -0.4 is 5.32 Å². The molecule has 1 unspecified atom stereocenters. The van der Waals surface area contributed by atoms with E-state index in [1.165, 1.54) is 0 Å². The van der Waals surface area contributed by atoms with Crippen LogP contribution in [0.4, 0.5) is 4.79 Å². The maximum Gasteiger partial charge on any atom is 0.330 e. The van der Waals surface area contributed by atoms with Gasteiger partial charge in [0.15, 0.2) is 6.04 Å². The van der Waals surface area contributed by atoms with E-state index in [4.69, 9.17) is 4.74 Å². The summed E-state index contributed by atoms with van der Waals surface area (Å²) in [5, 5.41) is 11.9. The highest BCUT2D eigenvalue weighted by atomic mass is 16.5. The second-order valence-electron chi connectivity index (χ2n) is 5.09. The van der Waals surface area contributed by atoms with Gasteiger partial charge in [0, 0.05) is 26.3 Å². The van der Waals surface area contributed by atoms with Crippen LogP contribution in [-0.4, -0.2) is 48.3 Å². The van der Waals surface area contributed by atoms with Crippen molar-refractivity contribution in [2.24, 2.45) is 0 Å². The number of rotatable bonds is 4. The Morgan fingerprint density at radius 3 is 2.48 bits per heavy atom. The van der Waals surface area contributed by atoms with Crippen molar-refractivity contribution in [2.45, 2.75) is 24.9 Å². The Morgan fingerprint density at radius 1 is 1.29 bits per heavy atom. The zero-order valence-corrected chi connectivity index (χ0v) is 12.0. The number of urea groups is 1. The molecule has 0 radical (unpaired) electrons. The van der Waals surface area contributed by atoms with E-state index < -0.39 is 12.0 Å². The van der Waals surface area contributed by atoms with Crippen LogP contribution in [0.15, 0.2) is 30.3 Å². The Hall–Kier alpha value is -2.08. The van der Waals surface area contributed by atoms with Crippen LogP contribution >= 0.6 is 0 Å². The van der Waals surface area contributed by atoms with Crippen molar-refractivity contribution in [3.8, 4) is 0 Å². The SMILES string of the molecule is CN(C(=O)NC(C(=O)O)c1ccccc1)C1CCOCC1. The van der Waals surface area contributed by atoms with Crippen LogP contribution in [0.25, 0.3) is 0 Å². The van der Waals surface area contributed by atoms with Crippen LogP contribution in [0.1, 0.15) is 24.4 Å². The largest absolute Gasteiger partial charge is 0.479 e. The highest BCUT2D eigenvalue weighted by Gasteiger charge is 2.27. The summed E-state index contributed by atoms with van der Waals surface area (Å²) in [4.78, 5) is 25.2. The molecule has 0 aromatic heterocycles. The van der Waals surface area contributed by atoms with Crippen LogP contribution in [0.2, 0.25) is 0 Å². The molecule has 0 saturated carbocycles. The Balaban J connectivity index is 2.03. The van der Waals surface area contributed by atoms with Crippen molar-refractivity contribution in [1.29, 1.82) is 0 Å². The summed E-state index contributed by atoms with van der Waals surface area (Å²) in [5.41, 5.74) is 0.554. The molecular formula is C15H20N2O4. The van der Waals surface area contributed by atoms with Gasteiger partial charge in [-0.25, -0.2) is 9.59 Å². The van der Waals surface area contributed by atoms with Gasteiger partial charge in [0.1, 0.15) is 0 Å². The number of carbonyl (C=O) groups excluding carboxylic acids is 1. The standard InChI is InChI=1S/C15H20N2O4/c1-17(12-7-9-21-10-8-12)15(20)16-13(14(18)19)11-5-3-2-4-6-11/h2-6,12-13H,7-10H2,1H3,(H,16,20)(H,18,19). The second kappa shape index (κ2) is 7.08. The fourth-order valence-corrected chi connectivity index (χ4v) is 2.40. The van der Waals surface area contributed by atoms with Crippen LogP contribution in [0.5, 0.6) is 0 Å². The van der Waals surface area contributed by atoms with Crippen molar-refractivity contribution in [2.75, 3.05) is 20.3 Å². The molecule has 2 rings (SSSR count). The monoisotopic (exact) mass is 292 g/mol. The van der Waals surface area contributed by atoms with E-state index in [0.717, 1.165) is 12.8 Å². The Labute approximate surface area is 123 Å². The first-order valence-electron chi connectivity index (χ1n) is 6.98. The van der Waals surface area contributed by atoms with Gasteiger partial charge in [-0.1, -0.05) is 30.3 Å². The molecule has 6 nitrogen and oxygen atoms in total. The molecule has 1 heterocycles. The maximum absolute atomic E-state index is 12.2. The van der Waals surface area contributed by atoms with E-state index in [1.54, 1.807) is 42.3 Å². The normalized spacial score (nSPS) is 17.0. The minimum Gasteiger partial charge on any atom is -0.479 e. The number of carboxylic acid groups (broad SMARTS) is 1. The van der Waals surface area contributed by atoms with Gasteiger partial charge in [-0.15, -0.1) is 0 Å². The average Bonchev–Trinajstić information content (AvgIpc) is 2.53. The number of aliphatic carboxylic acids is 1. The number of amides is 2. The molecule has 6 heteroatoms. The summed E-state index contributed by atoms with van der Waals surface area (Å²) < 4.78 is 5.27. The Kier molecular flexibility index (Phi) is 5.16. The van der Waals surface area contributed by atoms with Crippen molar-refractivity contribution >= 4 is 12.0 Å². The third kappa shape index (κ3) is 3.95. The minimum atomic E-state index is -1.07. The zero-order valence-electron chi connectivity index (χ0n) is 12.0. The number of nitrogens with one attached hydrogen (secondary N) is 1. The lowest BCUT2D eigenvalue weighted by Gasteiger charge is -2.32. The molecule has 0 spiro atoms. The molecule has 1 fully saturated rings. The summed E-state index contributed by atoms with van der Waals surface area (Å²) >= 11 is 0. The molecule has 0 aliphatic carbocycles. The third-order valence-electron chi connectivity index (χ3n) is 3.71. The van der Waals surface area contributed by atoms with Gasteiger partial charge >= 0.3 is 12.0 Å². The number of nitrogens with zero attached hydrogens (tertiary/aromatic N) is 1. The average molecular weight is 292 g/mol. The van der Waals surface area contributed by atoms with Crippen LogP contribution in [0.3, 0.4) is 0 Å². The zero-order chi connectivity index (χ0) is 15.2. The van der Waals surface area contributed by atoms with Gasteiger partial charge in [0.25, 0.3) is 0 Å². The fraction of sp³-hybridized carbons (Fsp3) is 0.467. The first-order chi connectivity index (χ1) is 10.1. The van der Waals surface area contributed by atoms with E-state index in [0.29, 0.717) is 18.8 Å². The van der Waals surface area contributed by atoms with Gasteiger partial charge in [0.2, 0.25) is 0 Å². The number of carboxylic acids is 1. The molecule has 114 valence electrons. The highest BCUT2D eigenvalue weighted by Crippen LogP contribution is 2.16. The predicted molar refractivity (Wildman–Crippen MR) is 77.0 cm³/mol. The quantitative estimate of drug-likeness (QED) is 0.884. The molecule has 0 bridgehead atoms. The number of ether oxygens (including phenoxy) is 1. The van der Waals surface area contributed by atoms with E-state index in [-0.39, 0.29) is 12.1 Å². The predicted octanol–water partition coefficient (Wildman–Crippen LogP) is 1.63. The molecule has 1 aliphatic rings. The van der Waals surface area contributed by atoms with Crippen molar-refractivity contribution in [3.63, 3.8) is 0 Å². The summed E-state index contributed by atoms with van der Waals surface area (Å²) in [6.45, 7) is 1.26. The summed E-state index contributed by atoms with van der Waals surface area (Å²) in [7, 11) is 1.69. The van der Waals surface area contributed by atoms with E-state index in [1.807, 2.05) is 0 Å². The Morgan fingerprint density at radius 2 is 1.90 bits per heavy atom. The molecule has 2 N–H and O–H groups in total. The summed E-state index contributed by atoms with van der Waals surface area (Å²) in [6.07, 6.45) is 1.54. The van der Waals surface area contributed by atoms with Gasteiger partial charge in [-0.2, -0.15) is 0 Å². The topological polar surface area (TPSA) is 78.9 Å². The van der Waals surface area contributed by atoms with Gasteiger partial charge in [-0.3, -0.25) is 0 Å². The van der Waals surface area contributed by atoms with Crippen molar-refractivity contribution < 1.29 is 19.4 Å². The summed E-state index contributed by atoms with van der Waals surface area (Å²) in [5.74, 6) is -1.07. The molecule has 1 atom stereocenters. The fourth-order valence-electron chi connectivity index (χ4n) is 2.40. The lowest BCUT2D eigenvalue weighted by Crippen LogP contribution is -2.48. The summed E-state index contributed by atoms with van der Waals surface area (Å²) in [6, 6.07) is 7.35. The van der Waals surface area contributed by atoms with E-state index >= 15 is 0 Å². The van der Waals surface area contributed by atoms with Crippen LogP contribution in [0, 0.1) is 0 Å². The van der Waals surface area contributed by atoms with Gasteiger partial charge in [0.05, 0.1) is 0 Å². The van der Waals surface area contributed by atoms with E-state index in [9.17, 15) is 14.7 Å². The number of benzene rings is 1. The molecular weight excluding hydrogens is 272 g/mol. The maximum atomic E-state index is 12.2. The molecule has 1 aliphatic heterocycles. The Bertz CT molecular complexity index is 486. The lowest BCUT2D eigenvalue weighted by atomic mass is 10.1. The van der Waals surface area contributed by atoms with Gasteiger partial charge < -0.3 is 20.1 Å². The molecule has 2 amide bonds.